The average Bonchev–Trinajstić information content (AvgIpc) is 3.04. The summed E-state index contributed by atoms with van der Waals surface area (Å²) in [7, 11) is 0. The third kappa shape index (κ3) is 6.94. The molecule has 0 saturated carbocycles. The Morgan fingerprint density at radius 2 is 1.86 bits per heavy atom. The first kappa shape index (κ1) is 27.2. The van der Waals surface area contributed by atoms with Crippen LogP contribution in [-0.2, 0) is 11.3 Å². The number of nitrogens with zero attached hydrogens (tertiary/aromatic N) is 2. The van der Waals surface area contributed by atoms with Gasteiger partial charge in [0.25, 0.3) is 5.91 Å². The van der Waals surface area contributed by atoms with E-state index in [1.165, 1.54) is 4.90 Å². The first-order valence-electron chi connectivity index (χ1n) is 12.7. The molecule has 2 aromatic carbocycles. The van der Waals surface area contributed by atoms with Crippen molar-refractivity contribution in [1.82, 2.24) is 15.1 Å². The highest BCUT2D eigenvalue weighted by Gasteiger charge is 2.43. The lowest BCUT2D eigenvalue weighted by Crippen LogP contribution is -2.51. The molecule has 0 aromatic heterocycles. The molecule has 0 spiro atoms. The van der Waals surface area contributed by atoms with Gasteiger partial charge in [-0.25, -0.2) is 4.79 Å². The number of imide groups is 1. The van der Waals surface area contributed by atoms with Crippen LogP contribution in [0.25, 0.3) is 0 Å². The number of carbonyl (C=O) groups excluding carboxylic acids is 2. The van der Waals surface area contributed by atoms with Gasteiger partial charge >= 0.3 is 6.03 Å². The summed E-state index contributed by atoms with van der Waals surface area (Å²) in [6, 6.07) is 13.2. The van der Waals surface area contributed by atoms with Gasteiger partial charge < -0.3 is 19.9 Å². The second kappa shape index (κ2) is 11.3. The normalized spacial score (nSPS) is 21.7. The molecule has 2 saturated heterocycles. The molecule has 2 fully saturated rings. The molecule has 4 rings (SSSR count). The minimum absolute atomic E-state index is 0.196. The molecule has 9 heteroatoms. The van der Waals surface area contributed by atoms with Crippen molar-refractivity contribution in [2.75, 3.05) is 32.8 Å². The maximum absolute atomic E-state index is 12.2. The predicted octanol–water partition coefficient (Wildman–Crippen LogP) is 4.15. The van der Waals surface area contributed by atoms with E-state index in [-0.39, 0.29) is 18.5 Å². The molecule has 8 nitrogen and oxygen atoms in total. The number of benzene rings is 2. The summed E-state index contributed by atoms with van der Waals surface area (Å²) in [4.78, 5) is 27.7. The van der Waals surface area contributed by atoms with Gasteiger partial charge in [0, 0.05) is 19.6 Å². The highest BCUT2D eigenvalue weighted by molar-refractivity contribution is 6.32. The highest BCUT2D eigenvalue weighted by atomic mass is 35.5. The summed E-state index contributed by atoms with van der Waals surface area (Å²) in [5.41, 5.74) is 0.402. The van der Waals surface area contributed by atoms with Crippen LogP contribution in [-0.4, -0.2) is 70.8 Å². The Kier molecular flexibility index (Phi) is 8.31. The number of β-amino-alcohol motifs (C(OH)–C–C–N with tert-alkyl or cyclic N) is 1. The van der Waals surface area contributed by atoms with Crippen molar-refractivity contribution >= 4 is 23.5 Å². The average molecular weight is 530 g/mol. The van der Waals surface area contributed by atoms with Gasteiger partial charge in [-0.1, -0.05) is 29.8 Å². The molecule has 0 bridgehead atoms. The van der Waals surface area contributed by atoms with E-state index in [9.17, 15) is 14.7 Å². The third-order valence-corrected chi connectivity index (χ3v) is 7.10. The Bertz CT molecular complexity index is 1120. The minimum Gasteiger partial charge on any atom is -0.494 e. The van der Waals surface area contributed by atoms with E-state index >= 15 is 0 Å². The number of ether oxygens (including phenoxy) is 2. The zero-order valence-corrected chi connectivity index (χ0v) is 22.5. The van der Waals surface area contributed by atoms with E-state index < -0.39 is 11.1 Å². The van der Waals surface area contributed by atoms with Crippen LogP contribution in [0, 0.1) is 6.92 Å². The van der Waals surface area contributed by atoms with Crippen LogP contribution in [0.3, 0.4) is 0 Å². The smallest absolute Gasteiger partial charge is 0.325 e. The van der Waals surface area contributed by atoms with Gasteiger partial charge in [-0.2, -0.15) is 0 Å². The summed E-state index contributed by atoms with van der Waals surface area (Å²) < 4.78 is 11.7. The third-order valence-electron chi connectivity index (χ3n) is 6.79. The molecule has 0 unspecified atom stereocenters. The van der Waals surface area contributed by atoms with Gasteiger partial charge in [-0.05, 0) is 82.0 Å². The van der Waals surface area contributed by atoms with Crippen molar-refractivity contribution in [2.45, 2.75) is 57.7 Å². The second-order valence-electron chi connectivity index (χ2n) is 10.6. The van der Waals surface area contributed by atoms with Gasteiger partial charge in [-0.3, -0.25) is 14.6 Å². The van der Waals surface area contributed by atoms with E-state index in [4.69, 9.17) is 21.1 Å². The van der Waals surface area contributed by atoms with Crippen LogP contribution in [0.2, 0.25) is 5.02 Å². The van der Waals surface area contributed by atoms with Crippen LogP contribution in [0.15, 0.2) is 42.5 Å². The number of halogens is 1. The molecular weight excluding hydrogens is 494 g/mol. The zero-order chi connectivity index (χ0) is 26.6. The van der Waals surface area contributed by atoms with Gasteiger partial charge in [0.1, 0.15) is 29.2 Å². The van der Waals surface area contributed by atoms with E-state index in [0.717, 1.165) is 36.4 Å². The number of piperidine rings is 1. The standard InChI is InChI=1S/C28H36ClN3O5/c1-20-6-11-23(29)24(16-20)37-19-28(35)12-4-13-31(18-28)17-21-7-9-22(10-8-21)36-15-5-14-32-25(33)27(2,3)30-26(32)34/h6-11,16,35H,4-5,12-15,17-19H2,1-3H3,(H,30,34)/t28-/m0/s1. The summed E-state index contributed by atoms with van der Waals surface area (Å²) >= 11 is 6.24. The van der Waals surface area contributed by atoms with Gasteiger partial charge in [0.05, 0.1) is 11.6 Å². The van der Waals surface area contributed by atoms with Crippen molar-refractivity contribution in [3.63, 3.8) is 0 Å². The number of aryl methyl sites for hydroxylation is 1. The van der Waals surface area contributed by atoms with Crippen molar-refractivity contribution in [1.29, 1.82) is 0 Å². The highest BCUT2D eigenvalue weighted by Crippen LogP contribution is 2.29. The van der Waals surface area contributed by atoms with Gasteiger partial charge in [-0.15, -0.1) is 0 Å². The van der Waals surface area contributed by atoms with Crippen LogP contribution in [0.1, 0.15) is 44.2 Å². The number of hydrogen-bond donors (Lipinski definition) is 2. The molecule has 2 N–H and O–H groups in total. The number of amides is 3. The maximum Gasteiger partial charge on any atom is 0.325 e. The summed E-state index contributed by atoms with van der Waals surface area (Å²) in [6.07, 6.45) is 2.12. The molecule has 200 valence electrons. The molecule has 2 heterocycles. The first-order valence-corrected chi connectivity index (χ1v) is 13.1. The molecule has 2 aliphatic rings. The van der Waals surface area contributed by atoms with Crippen LogP contribution < -0.4 is 14.8 Å². The Morgan fingerprint density at radius 1 is 1.11 bits per heavy atom. The quantitative estimate of drug-likeness (QED) is 0.355. The van der Waals surface area contributed by atoms with Crippen molar-refractivity contribution in [3.8, 4) is 11.5 Å². The van der Waals surface area contributed by atoms with E-state index in [2.05, 4.69) is 10.2 Å². The summed E-state index contributed by atoms with van der Waals surface area (Å²) in [5.74, 6) is 1.12. The topological polar surface area (TPSA) is 91.3 Å². The zero-order valence-electron chi connectivity index (χ0n) is 21.8. The molecule has 3 amide bonds. The molecule has 37 heavy (non-hydrogen) atoms. The fourth-order valence-corrected chi connectivity index (χ4v) is 4.95. The monoisotopic (exact) mass is 529 g/mol. The Labute approximate surface area is 223 Å². The molecule has 1 atom stereocenters. The lowest BCUT2D eigenvalue weighted by atomic mass is 9.93. The van der Waals surface area contributed by atoms with Crippen molar-refractivity contribution in [2.24, 2.45) is 0 Å². The second-order valence-corrected chi connectivity index (χ2v) is 11.0. The van der Waals surface area contributed by atoms with Crippen LogP contribution in [0.5, 0.6) is 11.5 Å². The number of carbonyl (C=O) groups is 2. The van der Waals surface area contributed by atoms with Crippen LogP contribution >= 0.6 is 11.6 Å². The van der Waals surface area contributed by atoms with E-state index in [0.29, 0.717) is 43.3 Å². The number of likely N-dealkylation sites (tertiary alicyclic amines) is 1. The number of urea groups is 1. The predicted molar refractivity (Wildman–Crippen MR) is 142 cm³/mol. The Balaban J connectivity index is 1.22. The fraction of sp³-hybridized carbons (Fsp3) is 0.500. The summed E-state index contributed by atoms with van der Waals surface area (Å²) in [6.45, 7) is 8.45. The van der Waals surface area contributed by atoms with Crippen molar-refractivity contribution < 1.29 is 24.2 Å². The number of nitrogens with one attached hydrogen (secondary N) is 1. The fourth-order valence-electron chi connectivity index (χ4n) is 4.78. The number of hydrogen-bond acceptors (Lipinski definition) is 6. The Morgan fingerprint density at radius 3 is 2.57 bits per heavy atom. The van der Waals surface area contributed by atoms with E-state index in [1.54, 1.807) is 13.8 Å². The molecule has 2 aromatic rings. The van der Waals surface area contributed by atoms with E-state index in [1.807, 2.05) is 49.4 Å². The molecule has 2 aliphatic heterocycles. The van der Waals surface area contributed by atoms with Crippen molar-refractivity contribution in [3.05, 3.63) is 58.6 Å². The van der Waals surface area contributed by atoms with Gasteiger partial charge in [0.2, 0.25) is 0 Å². The molecular formula is C28H36ClN3O5. The summed E-state index contributed by atoms with van der Waals surface area (Å²) in [5, 5.41) is 14.4. The maximum atomic E-state index is 12.2. The Hall–Kier alpha value is -2.81. The number of aliphatic hydroxyl groups is 1. The number of rotatable bonds is 10. The van der Waals surface area contributed by atoms with Crippen LogP contribution in [0.4, 0.5) is 4.79 Å². The first-order chi connectivity index (χ1) is 17.5. The SMILES string of the molecule is Cc1ccc(Cl)c(OC[C@]2(O)CCCN(Cc3ccc(OCCCN4C(=O)NC(C)(C)C4=O)cc3)C2)c1. The van der Waals surface area contributed by atoms with Gasteiger partial charge in [0.15, 0.2) is 0 Å². The molecule has 0 aliphatic carbocycles. The lowest BCUT2D eigenvalue weighted by Gasteiger charge is -2.39. The minimum atomic E-state index is -0.933. The molecule has 0 radical (unpaired) electrons. The largest absolute Gasteiger partial charge is 0.494 e. The lowest BCUT2D eigenvalue weighted by molar-refractivity contribution is -0.130.